The van der Waals surface area contributed by atoms with Gasteiger partial charge in [0.15, 0.2) is 0 Å². The van der Waals surface area contributed by atoms with Crippen molar-refractivity contribution >= 4 is 17.0 Å². The van der Waals surface area contributed by atoms with Gasteiger partial charge >= 0.3 is 5.37 Å². The fourth-order valence-corrected chi connectivity index (χ4v) is 0.974. The number of carbonyl (C=O) groups is 1. The number of halogens is 1. The highest BCUT2D eigenvalue weighted by atomic mass is 35.5. The second-order valence-corrected chi connectivity index (χ2v) is 2.50. The molecule has 0 aromatic carbocycles. The number of rotatable bonds is 5. The first-order valence-electron chi connectivity index (χ1n) is 3.65. The smallest absolute Gasteiger partial charge is 0.316 e. The van der Waals surface area contributed by atoms with Gasteiger partial charge in [0.25, 0.3) is 0 Å². The molecule has 66 valence electrons. The predicted octanol–water partition coefficient (Wildman–Crippen LogP) is 1.70. The fourth-order valence-electron chi connectivity index (χ4n) is 0.770. The number of methoxy groups -OCH3 is 1. The van der Waals surface area contributed by atoms with Crippen LogP contribution in [0, 0.1) is 0 Å². The van der Waals surface area contributed by atoms with Crippen LogP contribution in [0.15, 0.2) is 0 Å². The Morgan fingerprint density at radius 1 is 1.64 bits per heavy atom. The normalized spacial score (nSPS) is 9.73. The summed E-state index contributed by atoms with van der Waals surface area (Å²) in [5, 5.41) is -0.386. The van der Waals surface area contributed by atoms with Crippen molar-refractivity contribution in [1.82, 2.24) is 4.90 Å². The van der Waals surface area contributed by atoms with Gasteiger partial charge in [-0.1, -0.05) is 0 Å². The first kappa shape index (κ1) is 10.7. The predicted molar refractivity (Wildman–Crippen MR) is 45.0 cm³/mol. The summed E-state index contributed by atoms with van der Waals surface area (Å²) in [6.07, 6.45) is 0.836. The first-order chi connectivity index (χ1) is 5.22. The summed E-state index contributed by atoms with van der Waals surface area (Å²) in [6, 6.07) is 0. The molecule has 0 radical (unpaired) electrons. The van der Waals surface area contributed by atoms with Gasteiger partial charge in [-0.25, -0.2) is 0 Å². The van der Waals surface area contributed by atoms with Crippen LogP contribution in [-0.2, 0) is 4.74 Å². The minimum Gasteiger partial charge on any atom is -0.385 e. The Balaban J connectivity index is 3.44. The molecule has 0 unspecified atom stereocenters. The van der Waals surface area contributed by atoms with Crippen molar-refractivity contribution in [3.05, 3.63) is 0 Å². The average Bonchev–Trinajstić information content (AvgIpc) is 1.97. The van der Waals surface area contributed by atoms with Crippen LogP contribution in [0.4, 0.5) is 4.79 Å². The van der Waals surface area contributed by atoms with E-state index >= 15 is 0 Å². The largest absolute Gasteiger partial charge is 0.385 e. The van der Waals surface area contributed by atoms with E-state index in [9.17, 15) is 4.79 Å². The lowest BCUT2D eigenvalue weighted by Gasteiger charge is -2.16. The van der Waals surface area contributed by atoms with E-state index in [2.05, 4.69) is 0 Å². The summed E-state index contributed by atoms with van der Waals surface area (Å²) in [5.74, 6) is 0. The molecule has 0 spiro atoms. The quantitative estimate of drug-likeness (QED) is 0.365. The highest BCUT2D eigenvalue weighted by molar-refractivity contribution is 6.62. The van der Waals surface area contributed by atoms with Crippen LogP contribution in [-0.4, -0.2) is 37.1 Å². The van der Waals surface area contributed by atoms with Crippen molar-refractivity contribution in [2.24, 2.45) is 0 Å². The first-order valence-corrected chi connectivity index (χ1v) is 4.03. The Morgan fingerprint density at radius 2 is 2.27 bits per heavy atom. The van der Waals surface area contributed by atoms with E-state index < -0.39 is 0 Å². The van der Waals surface area contributed by atoms with E-state index in [0.717, 1.165) is 6.42 Å². The van der Waals surface area contributed by atoms with Crippen molar-refractivity contribution in [3.63, 3.8) is 0 Å². The minimum absolute atomic E-state index is 0.386. The van der Waals surface area contributed by atoms with Crippen LogP contribution in [0.2, 0.25) is 0 Å². The molecule has 1 amide bonds. The van der Waals surface area contributed by atoms with Gasteiger partial charge in [0.05, 0.1) is 0 Å². The summed E-state index contributed by atoms with van der Waals surface area (Å²) < 4.78 is 4.84. The molecule has 0 aromatic rings. The Bertz CT molecular complexity index is 119. The lowest BCUT2D eigenvalue weighted by molar-refractivity contribution is 0.178. The maximum Gasteiger partial charge on any atom is 0.316 e. The summed E-state index contributed by atoms with van der Waals surface area (Å²) >= 11 is 5.27. The fraction of sp³-hybridized carbons (Fsp3) is 0.857. The highest BCUT2D eigenvalue weighted by Crippen LogP contribution is 1.97. The number of amides is 1. The maximum absolute atomic E-state index is 10.6. The van der Waals surface area contributed by atoms with Gasteiger partial charge in [-0.15, -0.1) is 0 Å². The molecule has 3 nitrogen and oxygen atoms in total. The van der Waals surface area contributed by atoms with Crippen molar-refractivity contribution < 1.29 is 9.53 Å². The lowest BCUT2D eigenvalue weighted by Crippen LogP contribution is -2.27. The van der Waals surface area contributed by atoms with Crippen LogP contribution in [0.5, 0.6) is 0 Å². The number of hydrogen-bond acceptors (Lipinski definition) is 2. The number of nitrogens with zero attached hydrogens (tertiary/aromatic N) is 1. The second-order valence-electron chi connectivity index (χ2n) is 2.18. The van der Waals surface area contributed by atoms with Crippen molar-refractivity contribution in [1.29, 1.82) is 0 Å². The topological polar surface area (TPSA) is 29.5 Å². The number of ether oxygens (including phenoxy) is 1. The van der Waals surface area contributed by atoms with E-state index in [4.69, 9.17) is 16.3 Å². The maximum atomic E-state index is 10.6. The molecule has 0 fully saturated rings. The van der Waals surface area contributed by atoms with Gasteiger partial charge in [-0.05, 0) is 24.9 Å². The summed E-state index contributed by atoms with van der Waals surface area (Å²) in [6.45, 7) is 3.90. The van der Waals surface area contributed by atoms with E-state index in [0.29, 0.717) is 19.7 Å². The van der Waals surface area contributed by atoms with Gasteiger partial charge in [0.2, 0.25) is 0 Å². The van der Waals surface area contributed by atoms with Gasteiger partial charge in [0.1, 0.15) is 0 Å². The highest BCUT2D eigenvalue weighted by Gasteiger charge is 2.05. The molecule has 0 saturated heterocycles. The Labute approximate surface area is 72.3 Å². The molecule has 4 heteroatoms. The van der Waals surface area contributed by atoms with E-state index in [1.54, 1.807) is 12.0 Å². The Kier molecular flexibility index (Phi) is 6.27. The van der Waals surface area contributed by atoms with Crippen LogP contribution < -0.4 is 0 Å². The van der Waals surface area contributed by atoms with Crippen molar-refractivity contribution in [2.75, 3.05) is 26.8 Å². The summed E-state index contributed by atoms with van der Waals surface area (Å²) in [5.41, 5.74) is 0. The number of carbonyl (C=O) groups excluding carboxylic acids is 1. The zero-order chi connectivity index (χ0) is 8.69. The zero-order valence-electron chi connectivity index (χ0n) is 6.97. The SMILES string of the molecule is CCN(CCCOC)C(=O)Cl. The Morgan fingerprint density at radius 3 is 2.64 bits per heavy atom. The van der Waals surface area contributed by atoms with Crippen LogP contribution in [0.1, 0.15) is 13.3 Å². The molecule has 0 aliphatic carbocycles. The van der Waals surface area contributed by atoms with Crippen molar-refractivity contribution in [3.8, 4) is 0 Å². The third kappa shape index (κ3) is 5.04. The molecule has 0 heterocycles. The molecule has 0 aliphatic heterocycles. The zero-order valence-corrected chi connectivity index (χ0v) is 7.73. The van der Waals surface area contributed by atoms with Gasteiger partial charge in [-0.3, -0.25) is 4.79 Å². The summed E-state index contributed by atoms with van der Waals surface area (Å²) in [4.78, 5) is 12.2. The van der Waals surface area contributed by atoms with Gasteiger partial charge in [-0.2, -0.15) is 0 Å². The molecule has 0 bridgehead atoms. The molecule has 0 atom stereocenters. The van der Waals surface area contributed by atoms with Crippen molar-refractivity contribution in [2.45, 2.75) is 13.3 Å². The van der Waals surface area contributed by atoms with E-state index in [1.807, 2.05) is 6.92 Å². The minimum atomic E-state index is -0.386. The lowest BCUT2D eigenvalue weighted by atomic mass is 10.4. The van der Waals surface area contributed by atoms with E-state index in [1.165, 1.54) is 0 Å². The molecule has 0 N–H and O–H groups in total. The molecule has 0 saturated carbocycles. The second kappa shape index (κ2) is 6.43. The van der Waals surface area contributed by atoms with Crippen LogP contribution >= 0.6 is 11.6 Å². The van der Waals surface area contributed by atoms with Crippen LogP contribution in [0.25, 0.3) is 0 Å². The Hall–Kier alpha value is -0.280. The molecule has 11 heavy (non-hydrogen) atoms. The van der Waals surface area contributed by atoms with Gasteiger partial charge in [0, 0.05) is 26.8 Å². The van der Waals surface area contributed by atoms with Gasteiger partial charge < -0.3 is 9.64 Å². The third-order valence-electron chi connectivity index (χ3n) is 1.41. The molecular formula is C7H14ClNO2. The van der Waals surface area contributed by atoms with E-state index in [-0.39, 0.29) is 5.37 Å². The molecular weight excluding hydrogens is 166 g/mol. The molecule has 0 rings (SSSR count). The monoisotopic (exact) mass is 179 g/mol. The average molecular weight is 180 g/mol. The van der Waals surface area contributed by atoms with Crippen LogP contribution in [0.3, 0.4) is 0 Å². The molecule has 0 aliphatic rings. The molecule has 0 aromatic heterocycles. The number of hydrogen-bond donors (Lipinski definition) is 0. The third-order valence-corrected chi connectivity index (χ3v) is 1.65. The standard InChI is InChI=1S/C7H14ClNO2/c1-3-9(7(8)10)5-4-6-11-2/h3-6H2,1-2H3. The summed E-state index contributed by atoms with van der Waals surface area (Å²) in [7, 11) is 1.64.